The summed E-state index contributed by atoms with van der Waals surface area (Å²) in [6.07, 6.45) is 2.66. The molecule has 0 spiro atoms. The van der Waals surface area contributed by atoms with Gasteiger partial charge in [0.05, 0.1) is 10.4 Å². The minimum Gasteiger partial charge on any atom is -0.383 e. The molecule has 2 amide bonds. The first-order chi connectivity index (χ1) is 11.7. The number of pyridine rings is 1. The second-order valence-electron chi connectivity index (χ2n) is 7.43. The number of nitrogens with zero attached hydrogens (tertiary/aromatic N) is 2. The summed E-state index contributed by atoms with van der Waals surface area (Å²) < 4.78 is -0.490. The third-order valence-corrected chi connectivity index (χ3v) is 6.46. The van der Waals surface area contributed by atoms with Gasteiger partial charge in [0.25, 0.3) is 0 Å². The van der Waals surface area contributed by atoms with Gasteiger partial charge in [0.1, 0.15) is 11.6 Å². The molecule has 0 bridgehead atoms. The van der Waals surface area contributed by atoms with E-state index in [1.807, 2.05) is 32.9 Å². The number of amides is 2. The van der Waals surface area contributed by atoms with Crippen LogP contribution in [-0.2, 0) is 15.2 Å². The molecule has 1 atom stereocenters. The van der Waals surface area contributed by atoms with Gasteiger partial charge < -0.3 is 15.3 Å². The molecule has 136 valence electrons. The molecular weight excluding hydrogens is 338 g/mol. The third-order valence-electron chi connectivity index (χ3n) is 5.05. The smallest absolute Gasteiger partial charge is 0.246 e. The quantitative estimate of drug-likeness (QED) is 0.825. The number of piperidine rings is 1. The Morgan fingerprint density at radius 3 is 2.60 bits per heavy atom. The fourth-order valence-electron chi connectivity index (χ4n) is 3.18. The van der Waals surface area contributed by atoms with Crippen LogP contribution in [0.2, 0.25) is 0 Å². The molecule has 1 aromatic rings. The van der Waals surface area contributed by atoms with Gasteiger partial charge in [0.2, 0.25) is 11.8 Å². The number of hydrogen-bond acceptors (Lipinski definition) is 5. The molecule has 2 aliphatic heterocycles. The lowest BCUT2D eigenvalue weighted by atomic mass is 9.87. The van der Waals surface area contributed by atoms with Gasteiger partial charge in [0, 0.05) is 25.0 Å². The van der Waals surface area contributed by atoms with E-state index in [0.29, 0.717) is 37.4 Å². The number of aryl methyl sites for hydroxylation is 1. The van der Waals surface area contributed by atoms with Crippen molar-refractivity contribution in [1.82, 2.24) is 15.2 Å². The van der Waals surface area contributed by atoms with Crippen LogP contribution in [0.4, 0.5) is 0 Å². The Kier molecular flexibility index (Phi) is 4.81. The fraction of sp³-hybridized carbons (Fsp3) is 0.611. The molecule has 6 nitrogen and oxygen atoms in total. The van der Waals surface area contributed by atoms with Crippen LogP contribution in [0.25, 0.3) is 0 Å². The molecule has 2 saturated heterocycles. The van der Waals surface area contributed by atoms with Gasteiger partial charge in [-0.3, -0.25) is 14.6 Å². The van der Waals surface area contributed by atoms with Crippen molar-refractivity contribution in [3.8, 4) is 0 Å². The molecule has 0 aliphatic carbocycles. The maximum atomic E-state index is 12.7. The van der Waals surface area contributed by atoms with Crippen LogP contribution >= 0.6 is 11.8 Å². The number of thioether (sulfide) groups is 1. The zero-order chi connectivity index (χ0) is 18.2. The van der Waals surface area contributed by atoms with Crippen LogP contribution in [0.3, 0.4) is 0 Å². The van der Waals surface area contributed by atoms with Crippen molar-refractivity contribution in [2.45, 2.75) is 50.0 Å². The van der Waals surface area contributed by atoms with E-state index in [-0.39, 0.29) is 11.8 Å². The number of carbonyl (C=O) groups excluding carboxylic acids is 2. The van der Waals surface area contributed by atoms with Crippen molar-refractivity contribution in [3.63, 3.8) is 0 Å². The highest BCUT2D eigenvalue weighted by Gasteiger charge is 2.42. The zero-order valence-electron chi connectivity index (χ0n) is 14.9. The molecule has 7 heteroatoms. The normalized spacial score (nSPS) is 25.4. The first-order valence-corrected chi connectivity index (χ1v) is 9.59. The Hall–Kier alpha value is -1.60. The van der Waals surface area contributed by atoms with Gasteiger partial charge in [0.15, 0.2) is 0 Å². The first-order valence-electron chi connectivity index (χ1n) is 8.60. The minimum absolute atomic E-state index is 0.0599. The van der Waals surface area contributed by atoms with Crippen molar-refractivity contribution < 1.29 is 14.7 Å². The van der Waals surface area contributed by atoms with Gasteiger partial charge >= 0.3 is 0 Å². The maximum absolute atomic E-state index is 12.7. The molecule has 3 heterocycles. The van der Waals surface area contributed by atoms with Crippen molar-refractivity contribution >= 4 is 23.6 Å². The lowest BCUT2D eigenvalue weighted by molar-refractivity contribution is -0.140. The van der Waals surface area contributed by atoms with E-state index >= 15 is 0 Å². The van der Waals surface area contributed by atoms with Crippen LogP contribution in [0, 0.1) is 6.92 Å². The molecule has 0 radical (unpaired) electrons. The third kappa shape index (κ3) is 3.67. The summed E-state index contributed by atoms with van der Waals surface area (Å²) in [4.78, 5) is 30.9. The molecule has 2 aliphatic rings. The van der Waals surface area contributed by atoms with E-state index in [1.54, 1.807) is 11.1 Å². The van der Waals surface area contributed by atoms with E-state index in [2.05, 4.69) is 10.3 Å². The highest BCUT2D eigenvalue weighted by molar-refractivity contribution is 8.01. The molecule has 0 saturated carbocycles. The predicted molar refractivity (Wildman–Crippen MR) is 97.2 cm³/mol. The Labute approximate surface area is 152 Å². The van der Waals surface area contributed by atoms with E-state index in [4.69, 9.17) is 0 Å². The Bertz CT molecular complexity index is 667. The lowest BCUT2D eigenvalue weighted by Gasteiger charge is -2.40. The highest BCUT2D eigenvalue weighted by atomic mass is 32.2. The molecule has 3 rings (SSSR count). The summed E-state index contributed by atoms with van der Waals surface area (Å²) in [6, 6.07) is 3.32. The molecule has 25 heavy (non-hydrogen) atoms. The van der Waals surface area contributed by atoms with Crippen LogP contribution in [0.1, 0.15) is 37.9 Å². The highest BCUT2D eigenvalue weighted by Crippen LogP contribution is 2.33. The van der Waals surface area contributed by atoms with Gasteiger partial charge in [-0.1, -0.05) is 6.07 Å². The van der Waals surface area contributed by atoms with E-state index in [9.17, 15) is 14.7 Å². The second-order valence-corrected chi connectivity index (χ2v) is 9.07. The Morgan fingerprint density at radius 1 is 1.36 bits per heavy atom. The van der Waals surface area contributed by atoms with Gasteiger partial charge in [-0.15, -0.1) is 11.8 Å². The SMILES string of the molecule is Cc1ccc(C2(O)CCN(C(=O)C3CSC(C)(C)C(=O)N3)CC2)nc1. The Balaban J connectivity index is 1.61. The number of aliphatic hydroxyl groups is 1. The van der Waals surface area contributed by atoms with E-state index < -0.39 is 16.4 Å². The summed E-state index contributed by atoms with van der Waals surface area (Å²) in [5.74, 6) is 0.424. The van der Waals surface area contributed by atoms with Crippen molar-refractivity contribution in [2.75, 3.05) is 18.8 Å². The molecular formula is C18H25N3O3S. The standard InChI is InChI=1S/C18H25N3O3S/c1-12-4-5-14(19-10-12)18(24)6-8-21(9-7-18)15(22)13-11-25-17(2,3)16(23)20-13/h4-5,10,13,24H,6-9,11H2,1-3H3,(H,20,23). The topological polar surface area (TPSA) is 82.5 Å². The second kappa shape index (κ2) is 6.61. The van der Waals surface area contributed by atoms with Crippen LogP contribution in [-0.4, -0.2) is 56.4 Å². The summed E-state index contributed by atoms with van der Waals surface area (Å²) in [5, 5.41) is 13.7. The molecule has 0 aromatic carbocycles. The van der Waals surface area contributed by atoms with Crippen molar-refractivity contribution in [3.05, 3.63) is 29.6 Å². The minimum atomic E-state index is -0.989. The summed E-state index contributed by atoms with van der Waals surface area (Å²) >= 11 is 1.51. The van der Waals surface area contributed by atoms with Crippen molar-refractivity contribution in [1.29, 1.82) is 0 Å². The Morgan fingerprint density at radius 2 is 2.04 bits per heavy atom. The monoisotopic (exact) mass is 363 g/mol. The lowest BCUT2D eigenvalue weighted by Crippen LogP contribution is -2.59. The molecule has 1 aromatic heterocycles. The number of aromatic nitrogens is 1. The number of carbonyl (C=O) groups is 2. The van der Waals surface area contributed by atoms with Crippen LogP contribution in [0.5, 0.6) is 0 Å². The summed E-state index contributed by atoms with van der Waals surface area (Å²) in [5.41, 5.74) is 0.721. The van der Waals surface area contributed by atoms with Gasteiger partial charge in [-0.25, -0.2) is 0 Å². The van der Waals surface area contributed by atoms with Crippen LogP contribution in [0.15, 0.2) is 18.3 Å². The number of likely N-dealkylation sites (tertiary alicyclic amines) is 1. The molecule has 1 unspecified atom stereocenters. The number of rotatable bonds is 2. The molecule has 2 N–H and O–H groups in total. The van der Waals surface area contributed by atoms with Crippen LogP contribution < -0.4 is 5.32 Å². The maximum Gasteiger partial charge on any atom is 0.246 e. The average Bonchev–Trinajstić information content (AvgIpc) is 2.58. The number of nitrogens with one attached hydrogen (secondary N) is 1. The number of hydrogen-bond donors (Lipinski definition) is 2. The molecule has 2 fully saturated rings. The van der Waals surface area contributed by atoms with E-state index in [1.165, 1.54) is 11.8 Å². The average molecular weight is 363 g/mol. The largest absolute Gasteiger partial charge is 0.383 e. The summed E-state index contributed by atoms with van der Waals surface area (Å²) in [6.45, 7) is 6.61. The zero-order valence-corrected chi connectivity index (χ0v) is 15.7. The van der Waals surface area contributed by atoms with E-state index in [0.717, 1.165) is 5.56 Å². The summed E-state index contributed by atoms with van der Waals surface area (Å²) in [7, 11) is 0. The van der Waals surface area contributed by atoms with Crippen molar-refractivity contribution in [2.24, 2.45) is 0 Å². The predicted octanol–water partition coefficient (Wildman–Crippen LogP) is 1.21. The first kappa shape index (κ1) is 18.2. The van der Waals surface area contributed by atoms with Gasteiger partial charge in [-0.2, -0.15) is 0 Å². The fourth-order valence-corrected chi connectivity index (χ4v) is 4.18. The van der Waals surface area contributed by atoms with Gasteiger partial charge in [-0.05, 0) is 45.2 Å².